The van der Waals surface area contributed by atoms with E-state index in [9.17, 15) is 9.59 Å². The molecule has 0 saturated heterocycles. The standard InChI is InChI=1S/C18H15N3O2/c19-11-12-4-7-14(8-5-12)20-18(23)21-15-9-6-13-2-1-3-17(22)16(13)10-15/h4-10H,1-3H2,(H2,20,21,23). The SMILES string of the molecule is N#Cc1ccc(NC(=O)Nc2ccc3c(c2)C(=O)CCC3)cc1. The van der Waals surface area contributed by atoms with Crippen molar-refractivity contribution in [3.8, 4) is 6.07 Å². The number of nitrogens with one attached hydrogen (secondary N) is 2. The van der Waals surface area contributed by atoms with Crippen LogP contribution in [0.25, 0.3) is 0 Å². The Morgan fingerprint density at radius 2 is 1.70 bits per heavy atom. The van der Waals surface area contributed by atoms with Gasteiger partial charge in [-0.2, -0.15) is 5.26 Å². The first-order valence-electron chi connectivity index (χ1n) is 7.40. The molecule has 0 saturated carbocycles. The molecule has 0 fully saturated rings. The first-order valence-corrected chi connectivity index (χ1v) is 7.40. The van der Waals surface area contributed by atoms with E-state index in [1.807, 2.05) is 12.1 Å². The highest BCUT2D eigenvalue weighted by atomic mass is 16.2. The molecule has 2 amide bonds. The van der Waals surface area contributed by atoms with E-state index >= 15 is 0 Å². The minimum absolute atomic E-state index is 0.127. The lowest BCUT2D eigenvalue weighted by atomic mass is 9.90. The first kappa shape index (κ1) is 14.8. The van der Waals surface area contributed by atoms with E-state index in [-0.39, 0.29) is 5.78 Å². The van der Waals surface area contributed by atoms with Gasteiger partial charge in [-0.3, -0.25) is 4.79 Å². The maximum Gasteiger partial charge on any atom is 0.323 e. The zero-order chi connectivity index (χ0) is 16.2. The van der Waals surface area contributed by atoms with Crippen molar-refractivity contribution in [3.63, 3.8) is 0 Å². The van der Waals surface area contributed by atoms with Crippen LogP contribution in [0.5, 0.6) is 0 Å². The lowest BCUT2D eigenvalue weighted by molar-refractivity contribution is 0.0972. The lowest BCUT2D eigenvalue weighted by Crippen LogP contribution is -2.20. The molecule has 0 bridgehead atoms. The third-order valence-corrected chi connectivity index (χ3v) is 3.79. The van der Waals surface area contributed by atoms with Gasteiger partial charge in [-0.05, 0) is 54.8 Å². The summed E-state index contributed by atoms with van der Waals surface area (Å²) in [6.45, 7) is 0. The van der Waals surface area contributed by atoms with Gasteiger partial charge in [0.25, 0.3) is 0 Å². The number of Topliss-reactive ketones (excluding diaryl/α,β-unsaturated/α-hetero) is 1. The number of ketones is 1. The Labute approximate surface area is 133 Å². The molecule has 3 rings (SSSR count). The molecule has 0 unspecified atom stereocenters. The van der Waals surface area contributed by atoms with E-state index in [4.69, 9.17) is 5.26 Å². The number of hydrogen-bond acceptors (Lipinski definition) is 3. The first-order chi connectivity index (χ1) is 11.2. The summed E-state index contributed by atoms with van der Waals surface area (Å²) in [5.74, 6) is 0.127. The number of nitrogens with zero attached hydrogens (tertiary/aromatic N) is 1. The number of fused-ring (bicyclic) bond motifs is 1. The van der Waals surface area contributed by atoms with Crippen LogP contribution in [0.3, 0.4) is 0 Å². The lowest BCUT2D eigenvalue weighted by Gasteiger charge is -2.16. The third-order valence-electron chi connectivity index (χ3n) is 3.79. The molecule has 5 heteroatoms. The number of carbonyl (C=O) groups excluding carboxylic acids is 2. The summed E-state index contributed by atoms with van der Waals surface area (Å²) in [6.07, 6.45) is 2.35. The predicted molar refractivity (Wildman–Crippen MR) is 87.5 cm³/mol. The molecule has 5 nitrogen and oxygen atoms in total. The van der Waals surface area contributed by atoms with Gasteiger partial charge in [0.15, 0.2) is 5.78 Å². The van der Waals surface area contributed by atoms with Gasteiger partial charge in [-0.1, -0.05) is 6.07 Å². The van der Waals surface area contributed by atoms with E-state index < -0.39 is 6.03 Å². The highest BCUT2D eigenvalue weighted by Gasteiger charge is 2.17. The van der Waals surface area contributed by atoms with Crippen LogP contribution in [0.4, 0.5) is 16.2 Å². The second kappa shape index (κ2) is 6.32. The molecule has 2 aromatic carbocycles. The smallest absolute Gasteiger partial charge is 0.308 e. The molecule has 0 spiro atoms. The number of nitriles is 1. The summed E-state index contributed by atoms with van der Waals surface area (Å²) in [5, 5.41) is 14.2. The number of hydrogen-bond donors (Lipinski definition) is 2. The van der Waals surface area contributed by atoms with Crippen molar-refractivity contribution < 1.29 is 9.59 Å². The maximum atomic E-state index is 12.0. The molecule has 2 N–H and O–H groups in total. The van der Waals surface area contributed by atoms with Crippen LogP contribution in [0.2, 0.25) is 0 Å². The molecular weight excluding hydrogens is 290 g/mol. The average Bonchev–Trinajstić information content (AvgIpc) is 2.56. The van der Waals surface area contributed by atoms with E-state index in [1.54, 1.807) is 36.4 Å². The van der Waals surface area contributed by atoms with Crippen molar-refractivity contribution in [1.82, 2.24) is 0 Å². The summed E-state index contributed by atoms with van der Waals surface area (Å²) in [6, 6.07) is 13.6. The molecule has 0 heterocycles. The molecule has 0 atom stereocenters. The Kier molecular flexibility index (Phi) is 4.07. The van der Waals surface area contributed by atoms with Gasteiger partial charge >= 0.3 is 6.03 Å². The van der Waals surface area contributed by atoms with Crippen LogP contribution in [0.1, 0.15) is 34.3 Å². The van der Waals surface area contributed by atoms with Crippen molar-refractivity contribution in [2.24, 2.45) is 0 Å². The second-order valence-electron chi connectivity index (χ2n) is 5.42. The van der Waals surface area contributed by atoms with Crippen molar-refractivity contribution in [2.75, 3.05) is 10.6 Å². The fraction of sp³-hybridized carbons (Fsp3) is 0.167. The van der Waals surface area contributed by atoms with Gasteiger partial charge in [-0.15, -0.1) is 0 Å². The van der Waals surface area contributed by atoms with Gasteiger partial charge in [0, 0.05) is 23.4 Å². The van der Waals surface area contributed by atoms with Crippen LogP contribution in [0, 0.1) is 11.3 Å². The van der Waals surface area contributed by atoms with Crippen LogP contribution in [-0.4, -0.2) is 11.8 Å². The van der Waals surface area contributed by atoms with Gasteiger partial charge < -0.3 is 10.6 Å². The van der Waals surface area contributed by atoms with Gasteiger partial charge in [0.05, 0.1) is 11.6 Å². The summed E-state index contributed by atoms with van der Waals surface area (Å²) >= 11 is 0. The number of aryl methyl sites for hydroxylation is 1. The van der Waals surface area contributed by atoms with Crippen molar-refractivity contribution in [3.05, 3.63) is 59.2 Å². The molecule has 1 aliphatic rings. The van der Waals surface area contributed by atoms with E-state index in [0.29, 0.717) is 28.9 Å². The summed E-state index contributed by atoms with van der Waals surface area (Å²) in [7, 11) is 0. The molecule has 0 aliphatic heterocycles. The zero-order valence-electron chi connectivity index (χ0n) is 12.4. The summed E-state index contributed by atoms with van der Waals surface area (Å²) < 4.78 is 0. The van der Waals surface area contributed by atoms with Crippen LogP contribution >= 0.6 is 0 Å². The number of rotatable bonds is 2. The Morgan fingerprint density at radius 1 is 1.00 bits per heavy atom. The predicted octanol–water partition coefficient (Wildman–Crippen LogP) is 3.72. The Morgan fingerprint density at radius 3 is 2.43 bits per heavy atom. The Balaban J connectivity index is 1.69. The fourth-order valence-electron chi connectivity index (χ4n) is 2.63. The topological polar surface area (TPSA) is 82.0 Å². The maximum absolute atomic E-state index is 12.0. The van der Waals surface area contributed by atoms with Crippen LogP contribution in [-0.2, 0) is 6.42 Å². The Hall–Kier alpha value is -3.13. The van der Waals surface area contributed by atoms with Crippen LogP contribution < -0.4 is 10.6 Å². The minimum atomic E-state index is -0.391. The molecule has 0 radical (unpaired) electrons. The molecule has 114 valence electrons. The Bertz CT molecular complexity index is 804. The summed E-state index contributed by atoms with van der Waals surface area (Å²) in [5.41, 5.74) is 3.46. The van der Waals surface area contributed by atoms with Crippen molar-refractivity contribution >= 4 is 23.2 Å². The van der Waals surface area contributed by atoms with E-state index in [1.165, 1.54) is 0 Å². The number of benzene rings is 2. The highest BCUT2D eigenvalue weighted by Crippen LogP contribution is 2.24. The third kappa shape index (κ3) is 3.38. The quantitative estimate of drug-likeness (QED) is 0.887. The van der Waals surface area contributed by atoms with Crippen molar-refractivity contribution in [1.29, 1.82) is 5.26 Å². The number of carbonyl (C=O) groups is 2. The fourth-order valence-corrected chi connectivity index (χ4v) is 2.63. The van der Waals surface area contributed by atoms with Gasteiger partial charge in [-0.25, -0.2) is 4.79 Å². The molecule has 1 aliphatic carbocycles. The average molecular weight is 305 g/mol. The summed E-state index contributed by atoms with van der Waals surface area (Å²) in [4.78, 5) is 23.9. The van der Waals surface area contributed by atoms with Crippen LogP contribution in [0.15, 0.2) is 42.5 Å². The normalized spacial score (nSPS) is 12.9. The highest BCUT2D eigenvalue weighted by molar-refractivity contribution is 6.02. The molecule has 2 aromatic rings. The number of anilines is 2. The molecule has 23 heavy (non-hydrogen) atoms. The number of urea groups is 1. The second-order valence-corrected chi connectivity index (χ2v) is 5.42. The largest absolute Gasteiger partial charge is 0.323 e. The van der Waals surface area contributed by atoms with E-state index in [0.717, 1.165) is 18.4 Å². The van der Waals surface area contributed by atoms with E-state index in [2.05, 4.69) is 10.6 Å². The molecular formula is C18H15N3O2. The number of amides is 2. The van der Waals surface area contributed by atoms with Gasteiger partial charge in [0.2, 0.25) is 0 Å². The zero-order valence-corrected chi connectivity index (χ0v) is 12.4. The monoisotopic (exact) mass is 305 g/mol. The van der Waals surface area contributed by atoms with Crippen molar-refractivity contribution in [2.45, 2.75) is 19.3 Å². The minimum Gasteiger partial charge on any atom is -0.308 e. The van der Waals surface area contributed by atoms with Gasteiger partial charge in [0.1, 0.15) is 0 Å². The molecule has 0 aromatic heterocycles.